The number of hydrogen-bond donors (Lipinski definition) is 1. The molecule has 1 saturated heterocycles. The smallest absolute Gasteiger partial charge is 0.0429 e. The molecule has 106 valence electrons. The molecule has 2 unspecified atom stereocenters. The molecule has 3 nitrogen and oxygen atoms in total. The number of anilines is 1. The van der Waals surface area contributed by atoms with Gasteiger partial charge in [-0.2, -0.15) is 0 Å². The molecule has 3 heteroatoms. The number of benzene rings is 1. The topological polar surface area (TPSA) is 18.5 Å². The average molecular weight is 261 g/mol. The standard InChI is InChI=1S/C16H27N3/c1-14-11-18(3)13-16(9-10-17-2)19(12-14)15-7-5-4-6-8-15/h4-8,14,16-17H,9-13H2,1-3H3. The molecule has 0 bridgehead atoms. The van der Waals surface area contributed by atoms with Gasteiger partial charge in [-0.3, -0.25) is 0 Å². The Kier molecular flexibility index (Phi) is 5.23. The van der Waals surface area contributed by atoms with Gasteiger partial charge in [0.15, 0.2) is 0 Å². The Morgan fingerprint density at radius 2 is 1.89 bits per heavy atom. The lowest BCUT2D eigenvalue weighted by atomic mass is 10.1. The summed E-state index contributed by atoms with van der Waals surface area (Å²) in [7, 11) is 4.28. The van der Waals surface area contributed by atoms with E-state index in [1.54, 1.807) is 0 Å². The second-order valence-corrected chi connectivity index (χ2v) is 5.86. The summed E-state index contributed by atoms with van der Waals surface area (Å²) in [5.41, 5.74) is 1.37. The van der Waals surface area contributed by atoms with Gasteiger partial charge in [0.25, 0.3) is 0 Å². The first kappa shape index (κ1) is 14.4. The third-order valence-corrected chi connectivity index (χ3v) is 3.91. The highest BCUT2D eigenvalue weighted by Gasteiger charge is 2.26. The van der Waals surface area contributed by atoms with E-state index in [4.69, 9.17) is 0 Å². The largest absolute Gasteiger partial charge is 0.367 e. The lowest BCUT2D eigenvalue weighted by Crippen LogP contribution is -2.42. The molecule has 1 aromatic carbocycles. The molecule has 0 aromatic heterocycles. The fourth-order valence-electron chi connectivity index (χ4n) is 3.10. The lowest BCUT2D eigenvalue weighted by molar-refractivity contribution is 0.299. The first-order valence-electron chi connectivity index (χ1n) is 7.35. The van der Waals surface area contributed by atoms with Gasteiger partial charge in [0, 0.05) is 31.4 Å². The zero-order valence-corrected chi connectivity index (χ0v) is 12.5. The first-order chi connectivity index (χ1) is 9.20. The van der Waals surface area contributed by atoms with Crippen LogP contribution in [0.3, 0.4) is 0 Å². The Morgan fingerprint density at radius 3 is 2.58 bits per heavy atom. The van der Waals surface area contributed by atoms with Crippen LogP contribution in [0.4, 0.5) is 5.69 Å². The average Bonchev–Trinajstić information content (AvgIpc) is 2.55. The summed E-state index contributed by atoms with van der Waals surface area (Å²) in [4.78, 5) is 5.08. The van der Waals surface area contributed by atoms with Crippen LogP contribution in [0.15, 0.2) is 30.3 Å². The van der Waals surface area contributed by atoms with E-state index in [9.17, 15) is 0 Å². The monoisotopic (exact) mass is 261 g/mol. The minimum Gasteiger partial charge on any atom is -0.367 e. The van der Waals surface area contributed by atoms with Crippen LogP contribution in [-0.2, 0) is 0 Å². The second-order valence-electron chi connectivity index (χ2n) is 5.86. The number of para-hydroxylation sites is 1. The molecule has 1 aromatic rings. The van der Waals surface area contributed by atoms with Crippen molar-refractivity contribution in [2.75, 3.05) is 45.2 Å². The van der Waals surface area contributed by atoms with Gasteiger partial charge in [-0.1, -0.05) is 25.1 Å². The van der Waals surface area contributed by atoms with E-state index < -0.39 is 0 Å². The van der Waals surface area contributed by atoms with Gasteiger partial charge in [-0.05, 0) is 45.1 Å². The maximum atomic E-state index is 3.29. The van der Waals surface area contributed by atoms with Crippen LogP contribution >= 0.6 is 0 Å². The molecule has 2 rings (SSSR count). The predicted octanol–water partition coefficient (Wildman–Crippen LogP) is 2.05. The van der Waals surface area contributed by atoms with E-state index in [1.807, 2.05) is 7.05 Å². The highest BCUT2D eigenvalue weighted by molar-refractivity contribution is 5.47. The highest BCUT2D eigenvalue weighted by Crippen LogP contribution is 2.23. The molecular formula is C16H27N3. The maximum absolute atomic E-state index is 3.29. The zero-order valence-electron chi connectivity index (χ0n) is 12.5. The van der Waals surface area contributed by atoms with Crippen molar-refractivity contribution in [3.8, 4) is 0 Å². The molecule has 0 radical (unpaired) electrons. The molecule has 19 heavy (non-hydrogen) atoms. The summed E-state index contributed by atoms with van der Waals surface area (Å²) in [6.07, 6.45) is 1.20. The van der Waals surface area contributed by atoms with Crippen molar-refractivity contribution < 1.29 is 0 Å². The van der Waals surface area contributed by atoms with E-state index in [2.05, 4.69) is 59.4 Å². The quantitative estimate of drug-likeness (QED) is 0.895. The normalized spacial score (nSPS) is 25.3. The predicted molar refractivity (Wildman–Crippen MR) is 82.8 cm³/mol. The Morgan fingerprint density at radius 1 is 1.16 bits per heavy atom. The van der Waals surface area contributed by atoms with Gasteiger partial charge in [0.05, 0.1) is 0 Å². The van der Waals surface area contributed by atoms with Gasteiger partial charge >= 0.3 is 0 Å². The first-order valence-corrected chi connectivity index (χ1v) is 7.35. The van der Waals surface area contributed by atoms with E-state index in [0.29, 0.717) is 12.0 Å². The van der Waals surface area contributed by atoms with E-state index >= 15 is 0 Å². The minimum absolute atomic E-state index is 0.602. The summed E-state index contributed by atoms with van der Waals surface area (Å²) >= 11 is 0. The number of hydrogen-bond acceptors (Lipinski definition) is 3. The van der Waals surface area contributed by atoms with Crippen LogP contribution in [0.1, 0.15) is 13.3 Å². The third kappa shape index (κ3) is 3.95. The lowest BCUT2D eigenvalue weighted by Gasteiger charge is -2.33. The molecule has 0 saturated carbocycles. The van der Waals surface area contributed by atoms with Crippen molar-refractivity contribution in [2.24, 2.45) is 5.92 Å². The number of nitrogens with zero attached hydrogens (tertiary/aromatic N) is 2. The number of nitrogens with one attached hydrogen (secondary N) is 1. The Labute approximate surface area is 117 Å². The van der Waals surface area contributed by atoms with Gasteiger partial charge in [0.2, 0.25) is 0 Å². The summed E-state index contributed by atoms with van der Waals surface area (Å²) in [5.74, 6) is 0.713. The van der Waals surface area contributed by atoms with E-state index in [0.717, 1.165) is 19.6 Å². The molecule has 0 aliphatic carbocycles. The van der Waals surface area contributed by atoms with Crippen LogP contribution in [-0.4, -0.2) is 51.2 Å². The summed E-state index contributed by atoms with van der Waals surface area (Å²) in [5, 5.41) is 3.29. The number of likely N-dealkylation sites (N-methyl/N-ethyl adjacent to an activating group) is 1. The molecule has 0 amide bonds. The molecule has 2 atom stereocenters. The van der Waals surface area contributed by atoms with Crippen molar-refractivity contribution in [1.29, 1.82) is 0 Å². The van der Waals surface area contributed by atoms with Crippen LogP contribution in [0.25, 0.3) is 0 Å². The SMILES string of the molecule is CNCCC1CN(C)CC(C)CN1c1ccccc1. The van der Waals surface area contributed by atoms with Crippen molar-refractivity contribution in [3.63, 3.8) is 0 Å². The van der Waals surface area contributed by atoms with Crippen molar-refractivity contribution in [2.45, 2.75) is 19.4 Å². The van der Waals surface area contributed by atoms with Gasteiger partial charge in [-0.25, -0.2) is 0 Å². The molecule has 1 aliphatic heterocycles. The van der Waals surface area contributed by atoms with Crippen LogP contribution in [0.5, 0.6) is 0 Å². The van der Waals surface area contributed by atoms with E-state index in [-0.39, 0.29) is 0 Å². The molecule has 0 spiro atoms. The summed E-state index contributed by atoms with van der Waals surface area (Å²) in [6.45, 7) is 6.94. The van der Waals surface area contributed by atoms with Crippen LogP contribution in [0, 0.1) is 5.92 Å². The summed E-state index contributed by atoms with van der Waals surface area (Å²) in [6, 6.07) is 11.5. The maximum Gasteiger partial charge on any atom is 0.0429 e. The molecule has 1 fully saturated rings. The molecule has 1 heterocycles. The van der Waals surface area contributed by atoms with Crippen molar-refractivity contribution >= 4 is 5.69 Å². The van der Waals surface area contributed by atoms with Gasteiger partial charge in [-0.15, -0.1) is 0 Å². The molecular weight excluding hydrogens is 234 g/mol. The number of rotatable bonds is 4. The zero-order chi connectivity index (χ0) is 13.7. The third-order valence-electron chi connectivity index (χ3n) is 3.91. The Bertz CT molecular complexity index is 366. The van der Waals surface area contributed by atoms with Crippen LogP contribution in [0.2, 0.25) is 0 Å². The Hall–Kier alpha value is -1.06. The van der Waals surface area contributed by atoms with E-state index in [1.165, 1.54) is 18.7 Å². The van der Waals surface area contributed by atoms with Gasteiger partial charge in [0.1, 0.15) is 0 Å². The van der Waals surface area contributed by atoms with Crippen molar-refractivity contribution in [1.82, 2.24) is 10.2 Å². The highest BCUT2D eigenvalue weighted by atomic mass is 15.2. The van der Waals surface area contributed by atoms with Crippen LogP contribution < -0.4 is 10.2 Å². The fourth-order valence-corrected chi connectivity index (χ4v) is 3.10. The van der Waals surface area contributed by atoms with Gasteiger partial charge < -0.3 is 15.1 Å². The second kappa shape index (κ2) is 6.92. The molecule has 1 N–H and O–H groups in total. The molecule has 1 aliphatic rings. The fraction of sp³-hybridized carbons (Fsp3) is 0.625. The van der Waals surface area contributed by atoms with Crippen molar-refractivity contribution in [3.05, 3.63) is 30.3 Å². The summed E-state index contributed by atoms with van der Waals surface area (Å²) < 4.78 is 0. The Balaban J connectivity index is 2.18. The minimum atomic E-state index is 0.602.